The summed E-state index contributed by atoms with van der Waals surface area (Å²) in [4.78, 5) is 12.0. The second kappa shape index (κ2) is 10.1. The molecule has 0 spiro atoms. The van der Waals surface area contributed by atoms with Gasteiger partial charge in [-0.25, -0.2) is 4.79 Å². The number of carbonyl (C=O) groups excluding carboxylic acids is 1. The lowest BCUT2D eigenvalue weighted by molar-refractivity contribution is -0.291. The number of aliphatic hydroxyl groups excluding tert-OH is 5. The molecule has 0 aromatic rings. The summed E-state index contributed by atoms with van der Waals surface area (Å²) < 4.78 is 10.1. The highest BCUT2D eigenvalue weighted by Crippen LogP contribution is 2.23. The fourth-order valence-electron chi connectivity index (χ4n) is 2.40. The molecule has 1 heterocycles. The average molecular weight is 348 g/mol. The lowest BCUT2D eigenvalue weighted by Gasteiger charge is -2.39. The maximum absolute atomic E-state index is 12.0. The summed E-state index contributed by atoms with van der Waals surface area (Å²) in [5, 5.41) is 47.1. The van der Waals surface area contributed by atoms with Crippen LogP contribution in [0.5, 0.6) is 0 Å². The highest BCUT2D eigenvalue weighted by atomic mass is 16.7. The van der Waals surface area contributed by atoms with Gasteiger partial charge < -0.3 is 35.0 Å². The fraction of sp³-hybridized carbons (Fsp3) is 0.812. The molecule has 8 heteroatoms. The summed E-state index contributed by atoms with van der Waals surface area (Å²) in [5.74, 6) is -0.380. The van der Waals surface area contributed by atoms with Crippen LogP contribution in [-0.2, 0) is 14.3 Å². The Balaban J connectivity index is 2.56. The van der Waals surface area contributed by atoms with E-state index in [0.29, 0.717) is 24.3 Å². The monoisotopic (exact) mass is 348 g/mol. The summed E-state index contributed by atoms with van der Waals surface area (Å²) in [6.07, 6.45) is -3.44. The third kappa shape index (κ3) is 5.80. The van der Waals surface area contributed by atoms with Gasteiger partial charge in [0.1, 0.15) is 24.4 Å². The zero-order chi connectivity index (χ0) is 18.3. The number of aliphatic hydroxyl groups is 5. The van der Waals surface area contributed by atoms with E-state index >= 15 is 0 Å². The third-order valence-electron chi connectivity index (χ3n) is 4.13. The number of esters is 1. The quantitative estimate of drug-likeness (QED) is 0.280. The number of ether oxygens (including phenoxy) is 2. The lowest BCUT2D eigenvalue weighted by Crippen LogP contribution is -2.59. The maximum Gasteiger partial charge on any atom is 0.335 e. The predicted molar refractivity (Wildman–Crippen MR) is 83.7 cm³/mol. The molecule has 1 saturated heterocycles. The number of hydrogen-bond donors (Lipinski definition) is 5. The van der Waals surface area contributed by atoms with Gasteiger partial charge in [0.25, 0.3) is 0 Å². The third-order valence-corrected chi connectivity index (χ3v) is 4.13. The van der Waals surface area contributed by atoms with E-state index in [4.69, 9.17) is 19.7 Å². The minimum Gasteiger partial charge on any atom is -0.429 e. The number of hydrogen-bond acceptors (Lipinski definition) is 8. The SMILES string of the molecule is CC(=CCCC(C)CCO)C(=O)OC1OC(CO)C(O)C(O)C1O. The van der Waals surface area contributed by atoms with Gasteiger partial charge in [-0.2, -0.15) is 0 Å². The van der Waals surface area contributed by atoms with E-state index in [-0.39, 0.29) is 6.61 Å². The van der Waals surface area contributed by atoms with Crippen molar-refractivity contribution in [2.75, 3.05) is 13.2 Å². The van der Waals surface area contributed by atoms with Crippen molar-refractivity contribution >= 4 is 5.97 Å². The van der Waals surface area contributed by atoms with Gasteiger partial charge in [0.15, 0.2) is 0 Å². The van der Waals surface area contributed by atoms with Crippen LogP contribution in [-0.4, -0.2) is 75.4 Å². The Morgan fingerprint density at radius 3 is 2.42 bits per heavy atom. The Morgan fingerprint density at radius 1 is 1.17 bits per heavy atom. The molecule has 24 heavy (non-hydrogen) atoms. The van der Waals surface area contributed by atoms with Crippen molar-refractivity contribution in [3.05, 3.63) is 11.6 Å². The Labute approximate surface area is 141 Å². The zero-order valence-electron chi connectivity index (χ0n) is 14.0. The molecule has 8 nitrogen and oxygen atoms in total. The molecule has 1 rings (SSSR count). The summed E-state index contributed by atoms with van der Waals surface area (Å²) in [6, 6.07) is 0. The molecule has 0 aliphatic carbocycles. The molecule has 0 amide bonds. The fourth-order valence-corrected chi connectivity index (χ4v) is 2.40. The number of allylic oxidation sites excluding steroid dienone is 1. The molecule has 6 unspecified atom stereocenters. The van der Waals surface area contributed by atoms with Gasteiger partial charge in [-0.05, 0) is 32.1 Å². The van der Waals surface area contributed by atoms with Crippen LogP contribution >= 0.6 is 0 Å². The first-order valence-corrected chi connectivity index (χ1v) is 8.10. The second-order valence-corrected chi connectivity index (χ2v) is 6.18. The Morgan fingerprint density at radius 2 is 1.83 bits per heavy atom. The highest BCUT2D eigenvalue weighted by molar-refractivity contribution is 5.87. The Hall–Kier alpha value is -1.03. The predicted octanol–water partition coefficient (Wildman–Crippen LogP) is -0.925. The largest absolute Gasteiger partial charge is 0.429 e. The van der Waals surface area contributed by atoms with Gasteiger partial charge in [0.2, 0.25) is 6.29 Å². The first kappa shape index (κ1) is 21.0. The molecule has 5 N–H and O–H groups in total. The molecule has 1 aliphatic heterocycles. The van der Waals surface area contributed by atoms with Crippen LogP contribution < -0.4 is 0 Å². The van der Waals surface area contributed by atoms with Gasteiger partial charge in [0, 0.05) is 12.2 Å². The Kier molecular flexibility index (Phi) is 8.82. The zero-order valence-corrected chi connectivity index (χ0v) is 14.0. The first-order valence-electron chi connectivity index (χ1n) is 8.10. The summed E-state index contributed by atoms with van der Waals surface area (Å²) >= 11 is 0. The lowest BCUT2D eigenvalue weighted by atomic mass is 9.99. The van der Waals surface area contributed by atoms with E-state index in [1.165, 1.54) is 0 Å². The standard InChI is InChI=1S/C16H28O8/c1-9(6-7-17)4-3-5-10(2)15(22)24-16-14(21)13(20)12(19)11(8-18)23-16/h5,9,11-14,16-21H,3-4,6-8H2,1-2H3. The van der Waals surface area contributed by atoms with Crippen molar-refractivity contribution in [1.29, 1.82) is 0 Å². The summed E-state index contributed by atoms with van der Waals surface area (Å²) in [7, 11) is 0. The van der Waals surface area contributed by atoms with Crippen LogP contribution in [0.4, 0.5) is 0 Å². The van der Waals surface area contributed by atoms with Gasteiger partial charge >= 0.3 is 5.97 Å². The van der Waals surface area contributed by atoms with E-state index in [0.717, 1.165) is 6.42 Å². The van der Waals surface area contributed by atoms with Crippen molar-refractivity contribution in [1.82, 2.24) is 0 Å². The molecule has 0 bridgehead atoms. The van der Waals surface area contributed by atoms with Crippen molar-refractivity contribution in [2.45, 2.75) is 63.8 Å². The summed E-state index contributed by atoms with van der Waals surface area (Å²) in [6.45, 7) is 3.11. The average Bonchev–Trinajstić information content (AvgIpc) is 2.55. The van der Waals surface area contributed by atoms with Crippen molar-refractivity contribution in [3.63, 3.8) is 0 Å². The molecule has 6 atom stereocenters. The summed E-state index contributed by atoms with van der Waals surface area (Å²) in [5.41, 5.74) is 0.322. The topological polar surface area (TPSA) is 137 Å². The highest BCUT2D eigenvalue weighted by Gasteiger charge is 2.45. The van der Waals surface area contributed by atoms with Crippen LogP contribution in [0.1, 0.15) is 33.1 Å². The van der Waals surface area contributed by atoms with Crippen molar-refractivity contribution in [3.8, 4) is 0 Å². The first-order chi connectivity index (χ1) is 11.3. The van der Waals surface area contributed by atoms with Gasteiger partial charge in [-0.3, -0.25) is 0 Å². The van der Waals surface area contributed by atoms with Crippen LogP contribution in [0.2, 0.25) is 0 Å². The van der Waals surface area contributed by atoms with Crippen LogP contribution in [0.15, 0.2) is 11.6 Å². The molecule has 1 aliphatic rings. The molecule has 140 valence electrons. The minimum atomic E-state index is -1.61. The van der Waals surface area contributed by atoms with E-state index in [1.807, 2.05) is 6.92 Å². The Bertz CT molecular complexity index is 422. The van der Waals surface area contributed by atoms with Crippen LogP contribution in [0.3, 0.4) is 0 Å². The van der Waals surface area contributed by atoms with Crippen LogP contribution in [0, 0.1) is 5.92 Å². The van der Waals surface area contributed by atoms with E-state index in [1.54, 1.807) is 13.0 Å². The van der Waals surface area contributed by atoms with Gasteiger partial charge in [-0.15, -0.1) is 0 Å². The molecular formula is C16H28O8. The van der Waals surface area contributed by atoms with Crippen molar-refractivity contribution in [2.24, 2.45) is 5.92 Å². The molecule has 0 radical (unpaired) electrons. The van der Waals surface area contributed by atoms with E-state index in [9.17, 15) is 20.1 Å². The van der Waals surface area contributed by atoms with Gasteiger partial charge in [-0.1, -0.05) is 13.0 Å². The number of rotatable bonds is 8. The van der Waals surface area contributed by atoms with Crippen LogP contribution in [0.25, 0.3) is 0 Å². The molecule has 0 saturated carbocycles. The normalized spacial score (nSPS) is 32.5. The maximum atomic E-state index is 12.0. The van der Waals surface area contributed by atoms with Crippen molar-refractivity contribution < 1.29 is 39.8 Å². The number of carbonyl (C=O) groups is 1. The smallest absolute Gasteiger partial charge is 0.335 e. The second-order valence-electron chi connectivity index (χ2n) is 6.18. The minimum absolute atomic E-state index is 0.128. The van der Waals surface area contributed by atoms with E-state index < -0.39 is 43.3 Å². The van der Waals surface area contributed by atoms with Gasteiger partial charge in [0.05, 0.1) is 6.61 Å². The molecule has 0 aromatic carbocycles. The molecule has 1 fully saturated rings. The van der Waals surface area contributed by atoms with E-state index in [2.05, 4.69) is 0 Å². The molecule has 0 aromatic heterocycles. The molecular weight excluding hydrogens is 320 g/mol.